The topological polar surface area (TPSA) is 54.8 Å². The summed E-state index contributed by atoms with van der Waals surface area (Å²) < 4.78 is 7.05. The van der Waals surface area contributed by atoms with Gasteiger partial charge in [0, 0.05) is 57.4 Å². The zero-order chi connectivity index (χ0) is 16.9. The highest BCUT2D eigenvalue weighted by Gasteiger charge is 2.37. The fourth-order valence-corrected chi connectivity index (χ4v) is 3.80. The first kappa shape index (κ1) is 17.2. The Morgan fingerprint density at radius 1 is 1.25 bits per heavy atom. The van der Waals surface area contributed by atoms with Crippen LogP contribution in [0.5, 0.6) is 0 Å². The first-order valence-electron chi connectivity index (χ1n) is 8.94. The lowest BCUT2D eigenvalue weighted by Gasteiger charge is -2.34. The van der Waals surface area contributed by atoms with Gasteiger partial charge >= 0.3 is 0 Å². The van der Waals surface area contributed by atoms with Crippen LogP contribution in [-0.4, -0.2) is 65.7 Å². The van der Waals surface area contributed by atoms with E-state index in [1.54, 1.807) is 16.8 Å². The van der Waals surface area contributed by atoms with Crippen molar-refractivity contribution in [1.29, 1.82) is 0 Å². The van der Waals surface area contributed by atoms with Gasteiger partial charge in [-0.1, -0.05) is 19.4 Å². The molecule has 1 amide bonds. The minimum atomic E-state index is -0.0515. The zero-order valence-corrected chi connectivity index (χ0v) is 14.4. The van der Waals surface area contributed by atoms with Crippen molar-refractivity contribution in [1.82, 2.24) is 14.4 Å². The van der Waals surface area contributed by atoms with E-state index < -0.39 is 0 Å². The van der Waals surface area contributed by atoms with Gasteiger partial charge in [-0.3, -0.25) is 14.5 Å². The van der Waals surface area contributed by atoms with Gasteiger partial charge in [-0.2, -0.15) is 0 Å². The molecule has 3 heterocycles. The van der Waals surface area contributed by atoms with Crippen molar-refractivity contribution < 1.29 is 9.53 Å². The molecule has 6 nitrogen and oxygen atoms in total. The summed E-state index contributed by atoms with van der Waals surface area (Å²) in [6, 6.07) is 5.52. The number of aryl methyl sites for hydroxylation is 1. The maximum atomic E-state index is 12.6. The molecular formula is C18H27N3O3. The monoisotopic (exact) mass is 333 g/mol. The molecule has 0 spiro atoms. The van der Waals surface area contributed by atoms with E-state index in [-0.39, 0.29) is 11.5 Å². The third kappa shape index (κ3) is 3.87. The standard InChI is InChI=1S/C18H27N3O3/c1-2-15-13-21(14-16(15)19-9-11-24-12-10-19)18(23)6-8-20-7-4-3-5-17(20)22/h3-5,7,15-16H,2,6,8-14H2,1H3/t15-,16-/m1/s1. The van der Waals surface area contributed by atoms with Gasteiger partial charge in [0.1, 0.15) is 0 Å². The first-order chi connectivity index (χ1) is 11.7. The fourth-order valence-electron chi connectivity index (χ4n) is 3.80. The number of nitrogens with zero attached hydrogens (tertiary/aromatic N) is 3. The molecule has 0 aromatic carbocycles. The molecule has 0 bridgehead atoms. The van der Waals surface area contributed by atoms with Gasteiger partial charge in [0.2, 0.25) is 5.91 Å². The quantitative estimate of drug-likeness (QED) is 0.800. The van der Waals surface area contributed by atoms with Crippen molar-refractivity contribution in [2.45, 2.75) is 32.4 Å². The van der Waals surface area contributed by atoms with Crippen LogP contribution in [0.2, 0.25) is 0 Å². The smallest absolute Gasteiger partial charge is 0.250 e. The van der Waals surface area contributed by atoms with Crippen LogP contribution in [0.15, 0.2) is 29.2 Å². The molecule has 0 N–H and O–H groups in total. The molecule has 2 aliphatic rings. The Bertz CT molecular complexity index is 610. The second-order valence-electron chi connectivity index (χ2n) is 6.67. The summed E-state index contributed by atoms with van der Waals surface area (Å²) in [5.41, 5.74) is -0.0515. The van der Waals surface area contributed by atoms with Crippen LogP contribution in [-0.2, 0) is 16.1 Å². The SMILES string of the molecule is CC[C@@H]1CN(C(=O)CCn2ccccc2=O)C[C@H]1N1CCOCC1. The number of hydrogen-bond donors (Lipinski definition) is 0. The largest absolute Gasteiger partial charge is 0.379 e. The molecule has 2 fully saturated rings. The van der Waals surface area contributed by atoms with E-state index in [0.717, 1.165) is 45.8 Å². The lowest BCUT2D eigenvalue weighted by atomic mass is 9.99. The second-order valence-corrected chi connectivity index (χ2v) is 6.67. The highest BCUT2D eigenvalue weighted by atomic mass is 16.5. The van der Waals surface area contributed by atoms with E-state index in [1.165, 1.54) is 6.07 Å². The number of hydrogen-bond acceptors (Lipinski definition) is 4. The summed E-state index contributed by atoms with van der Waals surface area (Å²) in [5, 5.41) is 0. The lowest BCUT2D eigenvalue weighted by Crippen LogP contribution is -2.47. The molecule has 24 heavy (non-hydrogen) atoms. The van der Waals surface area contributed by atoms with Gasteiger partial charge in [-0.05, 0) is 12.0 Å². The highest BCUT2D eigenvalue weighted by molar-refractivity contribution is 5.76. The van der Waals surface area contributed by atoms with Crippen LogP contribution in [0, 0.1) is 5.92 Å². The van der Waals surface area contributed by atoms with Gasteiger partial charge in [-0.15, -0.1) is 0 Å². The van der Waals surface area contributed by atoms with Gasteiger partial charge in [-0.25, -0.2) is 0 Å². The minimum absolute atomic E-state index is 0.0515. The van der Waals surface area contributed by atoms with Crippen LogP contribution in [0.4, 0.5) is 0 Å². The average molecular weight is 333 g/mol. The van der Waals surface area contributed by atoms with Crippen LogP contribution in [0.25, 0.3) is 0 Å². The summed E-state index contributed by atoms with van der Waals surface area (Å²) >= 11 is 0. The van der Waals surface area contributed by atoms with Crippen molar-refractivity contribution in [2.75, 3.05) is 39.4 Å². The molecule has 0 saturated carbocycles. The van der Waals surface area contributed by atoms with Crippen molar-refractivity contribution in [2.24, 2.45) is 5.92 Å². The third-order valence-electron chi connectivity index (χ3n) is 5.26. The number of pyridine rings is 1. The maximum absolute atomic E-state index is 12.6. The molecule has 2 saturated heterocycles. The average Bonchev–Trinajstić information content (AvgIpc) is 3.06. The third-order valence-corrected chi connectivity index (χ3v) is 5.26. The van der Waals surface area contributed by atoms with E-state index in [0.29, 0.717) is 24.9 Å². The van der Waals surface area contributed by atoms with Crippen molar-refractivity contribution in [3.05, 3.63) is 34.7 Å². The van der Waals surface area contributed by atoms with Gasteiger partial charge in [0.15, 0.2) is 0 Å². The Labute approximate surface area is 143 Å². The molecule has 1 aromatic heterocycles. The van der Waals surface area contributed by atoms with E-state index >= 15 is 0 Å². The molecule has 1 aromatic rings. The molecular weight excluding hydrogens is 306 g/mol. The normalized spacial score (nSPS) is 25.1. The summed E-state index contributed by atoms with van der Waals surface area (Å²) in [7, 11) is 0. The van der Waals surface area contributed by atoms with E-state index in [4.69, 9.17) is 4.74 Å². The Kier molecular flexibility index (Phi) is 5.68. The van der Waals surface area contributed by atoms with Crippen molar-refractivity contribution >= 4 is 5.91 Å². The minimum Gasteiger partial charge on any atom is -0.379 e. The maximum Gasteiger partial charge on any atom is 0.250 e. The summed E-state index contributed by atoms with van der Waals surface area (Å²) in [4.78, 5) is 28.8. The molecule has 6 heteroatoms. The Morgan fingerprint density at radius 2 is 2.04 bits per heavy atom. The number of ether oxygens (including phenoxy) is 1. The Hall–Kier alpha value is -1.66. The first-order valence-corrected chi connectivity index (χ1v) is 8.94. The summed E-state index contributed by atoms with van der Waals surface area (Å²) in [5.74, 6) is 0.687. The van der Waals surface area contributed by atoms with Crippen molar-refractivity contribution in [3.63, 3.8) is 0 Å². The number of amides is 1. The van der Waals surface area contributed by atoms with E-state index in [9.17, 15) is 9.59 Å². The number of carbonyl (C=O) groups is 1. The van der Waals surface area contributed by atoms with Gasteiger partial charge in [0.05, 0.1) is 13.2 Å². The van der Waals surface area contributed by atoms with E-state index in [2.05, 4.69) is 11.8 Å². The molecule has 0 aliphatic carbocycles. The lowest BCUT2D eigenvalue weighted by molar-refractivity contribution is -0.130. The number of likely N-dealkylation sites (tertiary alicyclic amines) is 1. The summed E-state index contributed by atoms with van der Waals surface area (Å²) in [6.45, 7) is 7.80. The number of aromatic nitrogens is 1. The molecule has 2 aliphatic heterocycles. The van der Waals surface area contributed by atoms with Crippen LogP contribution >= 0.6 is 0 Å². The Morgan fingerprint density at radius 3 is 2.75 bits per heavy atom. The molecule has 0 unspecified atom stereocenters. The van der Waals surface area contributed by atoms with Crippen LogP contribution in [0.3, 0.4) is 0 Å². The zero-order valence-electron chi connectivity index (χ0n) is 14.4. The second kappa shape index (κ2) is 7.94. The Balaban J connectivity index is 1.57. The highest BCUT2D eigenvalue weighted by Crippen LogP contribution is 2.26. The molecule has 3 rings (SSSR count). The predicted octanol–water partition coefficient (Wildman–Crippen LogP) is 0.808. The van der Waals surface area contributed by atoms with Gasteiger partial charge in [0.25, 0.3) is 5.56 Å². The number of rotatable bonds is 5. The van der Waals surface area contributed by atoms with Crippen LogP contribution < -0.4 is 5.56 Å². The van der Waals surface area contributed by atoms with E-state index in [1.807, 2.05) is 11.0 Å². The molecule has 0 radical (unpaired) electrons. The summed E-state index contributed by atoms with van der Waals surface area (Å²) in [6.07, 6.45) is 3.21. The molecule has 2 atom stereocenters. The number of morpholine rings is 1. The predicted molar refractivity (Wildman–Crippen MR) is 91.9 cm³/mol. The van der Waals surface area contributed by atoms with Crippen molar-refractivity contribution in [3.8, 4) is 0 Å². The number of carbonyl (C=O) groups excluding carboxylic acids is 1. The van der Waals surface area contributed by atoms with Gasteiger partial charge < -0.3 is 14.2 Å². The fraction of sp³-hybridized carbons (Fsp3) is 0.667. The van der Waals surface area contributed by atoms with Crippen LogP contribution in [0.1, 0.15) is 19.8 Å². The molecule has 132 valence electrons.